The maximum absolute atomic E-state index is 13.0. The molecule has 0 aliphatic carbocycles. The standard InChI is InChI=1S/C26H27ClN6O/c1-17-5-11-22(12-6-17)33-25-23(18(2)30-33)24(28-19(3)29-25)31-13-4-14-32(16-15-31)26(34)20-7-9-21(27)10-8-20/h5-12H,4,13-16H2,1-3H3. The van der Waals surface area contributed by atoms with Crippen LogP contribution in [0.15, 0.2) is 48.5 Å². The first-order valence-electron chi connectivity index (χ1n) is 11.5. The van der Waals surface area contributed by atoms with Gasteiger partial charge in [0.05, 0.1) is 16.8 Å². The fourth-order valence-corrected chi connectivity index (χ4v) is 4.60. The van der Waals surface area contributed by atoms with E-state index in [0.717, 1.165) is 41.2 Å². The summed E-state index contributed by atoms with van der Waals surface area (Å²) in [6.45, 7) is 8.82. The molecule has 174 valence electrons. The number of fused-ring (bicyclic) bond motifs is 1. The minimum Gasteiger partial charge on any atom is -0.354 e. The van der Waals surface area contributed by atoms with E-state index in [0.29, 0.717) is 36.0 Å². The summed E-state index contributed by atoms with van der Waals surface area (Å²) in [4.78, 5) is 26.8. The molecule has 4 aromatic rings. The van der Waals surface area contributed by atoms with E-state index in [1.165, 1.54) is 5.56 Å². The highest BCUT2D eigenvalue weighted by molar-refractivity contribution is 6.30. The maximum atomic E-state index is 13.0. The summed E-state index contributed by atoms with van der Waals surface area (Å²) in [5.41, 5.74) is 4.54. The Kier molecular flexibility index (Phi) is 5.96. The van der Waals surface area contributed by atoms with Crippen molar-refractivity contribution in [1.82, 2.24) is 24.6 Å². The second-order valence-corrected chi connectivity index (χ2v) is 9.20. The van der Waals surface area contributed by atoms with Crippen molar-refractivity contribution in [2.75, 3.05) is 31.1 Å². The van der Waals surface area contributed by atoms with Crippen LogP contribution in [-0.4, -0.2) is 56.7 Å². The topological polar surface area (TPSA) is 67.2 Å². The molecule has 0 atom stereocenters. The summed E-state index contributed by atoms with van der Waals surface area (Å²) in [5.74, 6) is 1.62. The fraction of sp³-hybridized carbons (Fsp3) is 0.308. The summed E-state index contributed by atoms with van der Waals surface area (Å²) in [5, 5.41) is 6.40. The van der Waals surface area contributed by atoms with Crippen molar-refractivity contribution in [3.05, 3.63) is 76.2 Å². The molecule has 5 rings (SSSR count). The number of nitrogens with zero attached hydrogens (tertiary/aromatic N) is 6. The summed E-state index contributed by atoms with van der Waals surface area (Å²) in [6, 6.07) is 15.4. The summed E-state index contributed by atoms with van der Waals surface area (Å²) >= 11 is 5.99. The molecule has 0 radical (unpaired) electrons. The van der Waals surface area contributed by atoms with Crippen LogP contribution >= 0.6 is 11.6 Å². The molecule has 8 heteroatoms. The Balaban J connectivity index is 1.45. The first kappa shape index (κ1) is 22.3. The minimum atomic E-state index is 0.0332. The zero-order valence-corrected chi connectivity index (χ0v) is 20.4. The van der Waals surface area contributed by atoms with Gasteiger partial charge in [0.15, 0.2) is 5.65 Å². The second-order valence-electron chi connectivity index (χ2n) is 8.77. The molecule has 1 fully saturated rings. The third kappa shape index (κ3) is 4.23. The highest BCUT2D eigenvalue weighted by Gasteiger charge is 2.25. The van der Waals surface area contributed by atoms with Crippen LogP contribution in [0.3, 0.4) is 0 Å². The zero-order valence-electron chi connectivity index (χ0n) is 19.6. The molecule has 0 bridgehead atoms. The summed E-state index contributed by atoms with van der Waals surface area (Å²) < 4.78 is 1.90. The molecule has 2 aromatic heterocycles. The number of hydrogen-bond donors (Lipinski definition) is 0. The average molecular weight is 475 g/mol. The van der Waals surface area contributed by atoms with Crippen LogP contribution < -0.4 is 4.90 Å². The van der Waals surface area contributed by atoms with E-state index in [9.17, 15) is 4.79 Å². The van der Waals surface area contributed by atoms with Crippen molar-refractivity contribution in [2.45, 2.75) is 27.2 Å². The molecule has 7 nitrogen and oxygen atoms in total. The van der Waals surface area contributed by atoms with E-state index in [4.69, 9.17) is 26.7 Å². The Morgan fingerprint density at radius 2 is 1.62 bits per heavy atom. The molecule has 1 aliphatic rings. The Morgan fingerprint density at radius 3 is 2.35 bits per heavy atom. The van der Waals surface area contributed by atoms with Crippen molar-refractivity contribution in [2.24, 2.45) is 0 Å². The number of rotatable bonds is 3. The molecule has 2 aromatic carbocycles. The van der Waals surface area contributed by atoms with Crippen molar-refractivity contribution >= 4 is 34.4 Å². The summed E-state index contributed by atoms with van der Waals surface area (Å²) in [6.07, 6.45) is 0.856. The van der Waals surface area contributed by atoms with Gasteiger partial charge < -0.3 is 9.80 Å². The third-order valence-electron chi connectivity index (χ3n) is 6.25. The van der Waals surface area contributed by atoms with E-state index in [1.54, 1.807) is 24.3 Å². The van der Waals surface area contributed by atoms with Gasteiger partial charge in [-0.15, -0.1) is 0 Å². The van der Waals surface area contributed by atoms with Gasteiger partial charge in [-0.2, -0.15) is 5.10 Å². The molecule has 1 saturated heterocycles. The van der Waals surface area contributed by atoms with E-state index in [1.807, 2.05) is 23.4 Å². The smallest absolute Gasteiger partial charge is 0.253 e. The predicted molar refractivity (Wildman–Crippen MR) is 135 cm³/mol. The lowest BCUT2D eigenvalue weighted by Gasteiger charge is -2.24. The van der Waals surface area contributed by atoms with E-state index >= 15 is 0 Å². The lowest BCUT2D eigenvalue weighted by molar-refractivity contribution is 0.0767. The monoisotopic (exact) mass is 474 g/mol. The first-order chi connectivity index (χ1) is 16.4. The number of carbonyl (C=O) groups excluding carboxylic acids is 1. The molecular weight excluding hydrogens is 448 g/mol. The van der Waals surface area contributed by atoms with Gasteiger partial charge >= 0.3 is 0 Å². The Labute approximate surface area is 204 Å². The average Bonchev–Trinajstić information content (AvgIpc) is 2.99. The molecule has 3 heterocycles. The van der Waals surface area contributed by atoms with E-state index < -0.39 is 0 Å². The van der Waals surface area contributed by atoms with Gasteiger partial charge in [-0.05, 0) is 63.6 Å². The number of halogens is 1. The summed E-state index contributed by atoms with van der Waals surface area (Å²) in [7, 11) is 0. The van der Waals surface area contributed by atoms with Crippen LogP contribution in [0.2, 0.25) is 5.02 Å². The van der Waals surface area contributed by atoms with Crippen LogP contribution in [-0.2, 0) is 0 Å². The second kappa shape index (κ2) is 9.06. The van der Waals surface area contributed by atoms with Crippen LogP contribution in [0, 0.1) is 20.8 Å². The largest absolute Gasteiger partial charge is 0.354 e. The van der Waals surface area contributed by atoms with Crippen LogP contribution in [0.25, 0.3) is 16.7 Å². The number of anilines is 1. The Morgan fingerprint density at radius 1 is 0.882 bits per heavy atom. The molecule has 1 amide bonds. The number of aromatic nitrogens is 4. The molecule has 0 N–H and O–H groups in total. The third-order valence-corrected chi connectivity index (χ3v) is 6.50. The van der Waals surface area contributed by atoms with Gasteiger partial charge in [0, 0.05) is 36.8 Å². The number of aryl methyl sites for hydroxylation is 3. The molecule has 1 aliphatic heterocycles. The van der Waals surface area contributed by atoms with Crippen molar-refractivity contribution in [3.8, 4) is 5.69 Å². The zero-order chi connectivity index (χ0) is 23.8. The SMILES string of the molecule is Cc1ccc(-n2nc(C)c3c(N4CCCN(C(=O)c5ccc(Cl)cc5)CC4)nc(C)nc32)cc1. The van der Waals surface area contributed by atoms with Crippen LogP contribution in [0.1, 0.15) is 33.9 Å². The van der Waals surface area contributed by atoms with Gasteiger partial charge in [0.1, 0.15) is 11.6 Å². The van der Waals surface area contributed by atoms with Crippen molar-refractivity contribution in [3.63, 3.8) is 0 Å². The van der Waals surface area contributed by atoms with Crippen molar-refractivity contribution in [1.29, 1.82) is 0 Å². The Hall–Kier alpha value is -3.45. The lowest BCUT2D eigenvalue weighted by Crippen LogP contribution is -2.35. The number of amides is 1. The molecule has 0 spiro atoms. The highest BCUT2D eigenvalue weighted by Crippen LogP contribution is 2.30. The highest BCUT2D eigenvalue weighted by atomic mass is 35.5. The van der Waals surface area contributed by atoms with Crippen molar-refractivity contribution < 1.29 is 4.79 Å². The number of hydrogen-bond acceptors (Lipinski definition) is 5. The van der Waals surface area contributed by atoms with Gasteiger partial charge in [-0.3, -0.25) is 4.79 Å². The lowest BCUT2D eigenvalue weighted by atomic mass is 10.2. The quantitative estimate of drug-likeness (QED) is 0.428. The predicted octanol–water partition coefficient (Wildman–Crippen LogP) is 4.75. The molecule has 0 saturated carbocycles. The molecule has 0 unspecified atom stereocenters. The van der Waals surface area contributed by atoms with Gasteiger partial charge in [0.25, 0.3) is 5.91 Å². The Bertz CT molecular complexity index is 1350. The maximum Gasteiger partial charge on any atom is 0.253 e. The number of carbonyl (C=O) groups is 1. The molecular formula is C26H27ClN6O. The number of benzene rings is 2. The molecule has 34 heavy (non-hydrogen) atoms. The fourth-order valence-electron chi connectivity index (χ4n) is 4.47. The van der Waals surface area contributed by atoms with E-state index in [-0.39, 0.29) is 5.91 Å². The first-order valence-corrected chi connectivity index (χ1v) is 11.9. The van der Waals surface area contributed by atoms with Gasteiger partial charge in [-0.25, -0.2) is 14.6 Å². The van der Waals surface area contributed by atoms with Crippen LogP contribution in [0.4, 0.5) is 5.82 Å². The normalized spacial score (nSPS) is 14.5. The minimum absolute atomic E-state index is 0.0332. The van der Waals surface area contributed by atoms with Gasteiger partial charge in [-0.1, -0.05) is 29.3 Å². The van der Waals surface area contributed by atoms with Gasteiger partial charge in [0.2, 0.25) is 0 Å². The van der Waals surface area contributed by atoms with E-state index in [2.05, 4.69) is 36.1 Å². The van der Waals surface area contributed by atoms with Crippen LogP contribution in [0.5, 0.6) is 0 Å².